The summed E-state index contributed by atoms with van der Waals surface area (Å²) in [6.45, 7) is 7.29. The maximum atomic E-state index is 12.0. The molecule has 0 radical (unpaired) electrons. The van der Waals surface area contributed by atoms with Crippen molar-refractivity contribution < 1.29 is 19.1 Å². The van der Waals surface area contributed by atoms with E-state index >= 15 is 0 Å². The lowest BCUT2D eigenvalue weighted by atomic mass is 9.59. The van der Waals surface area contributed by atoms with Crippen molar-refractivity contribution in [2.24, 2.45) is 17.3 Å². The van der Waals surface area contributed by atoms with Gasteiger partial charge in [-0.3, -0.25) is 0 Å². The minimum Gasteiger partial charge on any atom is -0.462 e. The molecule has 0 unspecified atom stereocenters. The average Bonchev–Trinajstić information content (AvgIpc) is 2.86. The standard InChI is InChI=1S/C19H28O4S/c1-13-11-23-18(21)16(13)10-19(3)14(2)6-5-7-15(19)12-22-17(20)8-9-24-4/h8-9,14-15H,5-7,10-12H2,1-4H3/b9-8-/t14-,15+,19+/m0/s1. The van der Waals surface area contributed by atoms with E-state index in [0.29, 0.717) is 25.6 Å². The molecule has 2 aliphatic rings. The third kappa shape index (κ3) is 4.24. The third-order valence-electron chi connectivity index (χ3n) is 5.75. The van der Waals surface area contributed by atoms with Crippen LogP contribution in [0.2, 0.25) is 0 Å². The summed E-state index contributed by atoms with van der Waals surface area (Å²) < 4.78 is 10.6. The number of carbonyl (C=O) groups is 2. The molecule has 0 N–H and O–H groups in total. The van der Waals surface area contributed by atoms with Gasteiger partial charge in [0.05, 0.1) is 6.61 Å². The van der Waals surface area contributed by atoms with Gasteiger partial charge in [0.2, 0.25) is 0 Å². The second-order valence-electron chi connectivity index (χ2n) is 7.21. The molecule has 0 saturated heterocycles. The van der Waals surface area contributed by atoms with Gasteiger partial charge in [0.15, 0.2) is 0 Å². The zero-order valence-electron chi connectivity index (χ0n) is 15.1. The van der Waals surface area contributed by atoms with E-state index < -0.39 is 0 Å². The molecule has 0 aromatic rings. The predicted molar refractivity (Wildman–Crippen MR) is 96.5 cm³/mol. The maximum absolute atomic E-state index is 12.0. The second kappa shape index (κ2) is 8.24. The van der Waals surface area contributed by atoms with Gasteiger partial charge < -0.3 is 9.47 Å². The molecule has 2 rings (SSSR count). The van der Waals surface area contributed by atoms with Crippen molar-refractivity contribution in [2.45, 2.75) is 46.5 Å². The zero-order chi connectivity index (χ0) is 17.7. The molecule has 134 valence electrons. The van der Waals surface area contributed by atoms with Crippen molar-refractivity contribution in [3.8, 4) is 0 Å². The van der Waals surface area contributed by atoms with Crippen LogP contribution >= 0.6 is 11.8 Å². The monoisotopic (exact) mass is 352 g/mol. The van der Waals surface area contributed by atoms with Crippen LogP contribution in [0.5, 0.6) is 0 Å². The number of rotatable bonds is 6. The van der Waals surface area contributed by atoms with E-state index in [1.54, 1.807) is 5.41 Å². The number of carbonyl (C=O) groups excluding carboxylic acids is 2. The van der Waals surface area contributed by atoms with Gasteiger partial charge in [-0.05, 0) is 54.3 Å². The van der Waals surface area contributed by atoms with Crippen molar-refractivity contribution in [3.63, 3.8) is 0 Å². The molecule has 1 saturated carbocycles. The highest BCUT2D eigenvalue weighted by Crippen LogP contribution is 2.50. The zero-order valence-corrected chi connectivity index (χ0v) is 15.9. The van der Waals surface area contributed by atoms with Crippen molar-refractivity contribution in [1.29, 1.82) is 0 Å². The van der Waals surface area contributed by atoms with Crippen molar-refractivity contribution in [1.82, 2.24) is 0 Å². The van der Waals surface area contributed by atoms with E-state index in [4.69, 9.17) is 9.47 Å². The molecule has 5 heteroatoms. The van der Waals surface area contributed by atoms with Crippen molar-refractivity contribution >= 4 is 23.7 Å². The topological polar surface area (TPSA) is 52.6 Å². The molecule has 0 amide bonds. The molecule has 0 bridgehead atoms. The van der Waals surface area contributed by atoms with E-state index in [0.717, 1.165) is 30.4 Å². The smallest absolute Gasteiger partial charge is 0.334 e. The summed E-state index contributed by atoms with van der Waals surface area (Å²) in [5, 5.41) is 1.73. The molecule has 1 aliphatic carbocycles. The second-order valence-corrected chi connectivity index (χ2v) is 7.96. The summed E-state index contributed by atoms with van der Waals surface area (Å²) in [4.78, 5) is 23.8. The molecule has 1 fully saturated rings. The Morgan fingerprint density at radius 1 is 1.46 bits per heavy atom. The summed E-state index contributed by atoms with van der Waals surface area (Å²) in [5.41, 5.74) is 1.81. The van der Waals surface area contributed by atoms with E-state index in [2.05, 4.69) is 13.8 Å². The van der Waals surface area contributed by atoms with Crippen molar-refractivity contribution in [2.75, 3.05) is 19.5 Å². The van der Waals surface area contributed by atoms with E-state index in [9.17, 15) is 9.59 Å². The summed E-state index contributed by atoms with van der Waals surface area (Å²) >= 11 is 1.47. The summed E-state index contributed by atoms with van der Waals surface area (Å²) in [6, 6.07) is 0. The minimum absolute atomic E-state index is 0.0539. The lowest BCUT2D eigenvalue weighted by Gasteiger charge is -2.46. The molecule has 0 aromatic heterocycles. The number of esters is 2. The Morgan fingerprint density at radius 3 is 2.83 bits per heavy atom. The van der Waals surface area contributed by atoms with Crippen molar-refractivity contribution in [3.05, 3.63) is 22.6 Å². The molecule has 3 atom stereocenters. The summed E-state index contributed by atoms with van der Waals surface area (Å²) in [6.07, 6.45) is 7.40. The number of hydrogen-bond acceptors (Lipinski definition) is 5. The van der Waals surface area contributed by atoms with Crippen LogP contribution in [0, 0.1) is 17.3 Å². The quantitative estimate of drug-likeness (QED) is 0.532. The van der Waals surface area contributed by atoms with Gasteiger partial charge in [-0.15, -0.1) is 11.8 Å². The van der Waals surface area contributed by atoms with E-state index in [1.165, 1.54) is 17.8 Å². The van der Waals surface area contributed by atoms with E-state index in [-0.39, 0.29) is 23.3 Å². The lowest BCUT2D eigenvalue weighted by Crippen LogP contribution is -2.41. The molecule has 24 heavy (non-hydrogen) atoms. The Balaban J connectivity index is 2.10. The summed E-state index contributed by atoms with van der Waals surface area (Å²) in [7, 11) is 0. The first-order valence-corrected chi connectivity index (χ1v) is 9.89. The molecular formula is C19H28O4S. The summed E-state index contributed by atoms with van der Waals surface area (Å²) in [5.74, 6) is 0.276. The lowest BCUT2D eigenvalue weighted by molar-refractivity contribution is -0.143. The molecule has 0 spiro atoms. The largest absolute Gasteiger partial charge is 0.462 e. The SMILES string of the molecule is CS/C=C\C(=O)OC[C@H]1CCC[C@H](C)[C@@]1(C)CC1=C(C)COC1=O. The predicted octanol–water partition coefficient (Wildman–Crippen LogP) is 4.11. The van der Waals surface area contributed by atoms with Gasteiger partial charge in [0, 0.05) is 11.6 Å². The highest BCUT2D eigenvalue weighted by molar-refractivity contribution is 8.01. The van der Waals surface area contributed by atoms with Gasteiger partial charge >= 0.3 is 11.9 Å². The number of cyclic esters (lactones) is 1. The van der Waals surface area contributed by atoms with Crippen LogP contribution in [0.1, 0.15) is 46.5 Å². The fourth-order valence-electron chi connectivity index (χ4n) is 3.81. The Morgan fingerprint density at radius 2 is 2.21 bits per heavy atom. The fourth-order valence-corrected chi connectivity index (χ4v) is 4.05. The molecular weight excluding hydrogens is 324 g/mol. The van der Waals surface area contributed by atoms with Crippen LogP contribution in [0.15, 0.2) is 22.6 Å². The van der Waals surface area contributed by atoms with Gasteiger partial charge in [-0.1, -0.05) is 26.7 Å². The number of thioether (sulfide) groups is 1. The first-order chi connectivity index (χ1) is 11.4. The van der Waals surface area contributed by atoms with Gasteiger partial charge in [-0.25, -0.2) is 9.59 Å². The van der Waals surface area contributed by atoms with Crippen LogP contribution in [0.4, 0.5) is 0 Å². The van der Waals surface area contributed by atoms with Crippen LogP contribution in [-0.2, 0) is 19.1 Å². The normalized spacial score (nSPS) is 30.8. The average molecular weight is 352 g/mol. The van der Waals surface area contributed by atoms with Gasteiger partial charge in [0.25, 0.3) is 0 Å². The Labute approximate surface area is 149 Å². The molecule has 4 nitrogen and oxygen atoms in total. The fraction of sp³-hybridized carbons (Fsp3) is 0.684. The number of ether oxygens (including phenoxy) is 2. The first kappa shape index (κ1) is 19.1. The van der Waals surface area contributed by atoms with Crippen LogP contribution < -0.4 is 0 Å². The number of hydrogen-bond donors (Lipinski definition) is 0. The Kier molecular flexibility index (Phi) is 6.55. The van der Waals surface area contributed by atoms with Gasteiger partial charge in [-0.2, -0.15) is 0 Å². The first-order valence-electron chi connectivity index (χ1n) is 8.60. The van der Waals surface area contributed by atoms with Crippen LogP contribution in [-0.4, -0.2) is 31.4 Å². The van der Waals surface area contributed by atoms with E-state index in [1.807, 2.05) is 13.2 Å². The van der Waals surface area contributed by atoms with Gasteiger partial charge in [0.1, 0.15) is 6.61 Å². The minimum atomic E-state index is -0.291. The Hall–Kier alpha value is -1.23. The van der Waals surface area contributed by atoms with Crippen LogP contribution in [0.3, 0.4) is 0 Å². The maximum Gasteiger partial charge on any atom is 0.334 e. The Bertz CT molecular complexity index is 552. The van der Waals surface area contributed by atoms with Crippen LogP contribution in [0.25, 0.3) is 0 Å². The highest BCUT2D eigenvalue weighted by Gasteiger charge is 2.44. The molecule has 1 heterocycles. The molecule has 1 aliphatic heterocycles. The molecule has 0 aromatic carbocycles. The third-order valence-corrected chi connectivity index (χ3v) is 6.16. The highest BCUT2D eigenvalue weighted by atomic mass is 32.2.